The van der Waals surface area contributed by atoms with Gasteiger partial charge in [0.1, 0.15) is 5.82 Å². The van der Waals surface area contributed by atoms with Gasteiger partial charge in [0, 0.05) is 6.20 Å². The molecule has 0 saturated heterocycles. The summed E-state index contributed by atoms with van der Waals surface area (Å²) in [5, 5.41) is 7.91. The van der Waals surface area contributed by atoms with Crippen LogP contribution in [0.15, 0.2) is 36.5 Å². The van der Waals surface area contributed by atoms with Crippen LogP contribution in [0.2, 0.25) is 0 Å². The van der Waals surface area contributed by atoms with E-state index in [0.717, 1.165) is 22.6 Å². The van der Waals surface area contributed by atoms with Crippen molar-refractivity contribution in [3.05, 3.63) is 53.6 Å². The van der Waals surface area contributed by atoms with Gasteiger partial charge in [0.25, 0.3) is 0 Å². The zero-order valence-corrected chi connectivity index (χ0v) is 12.2. The van der Waals surface area contributed by atoms with Crippen LogP contribution in [0.1, 0.15) is 29.4 Å². The number of hydrogen-bond donors (Lipinski definition) is 0. The summed E-state index contributed by atoms with van der Waals surface area (Å²) in [5.41, 5.74) is 4.14. The van der Waals surface area contributed by atoms with Gasteiger partial charge in [-0.2, -0.15) is 10.2 Å². The van der Waals surface area contributed by atoms with Gasteiger partial charge in [-0.3, -0.25) is 0 Å². The van der Waals surface area contributed by atoms with Crippen molar-refractivity contribution in [1.82, 2.24) is 19.7 Å². The topological polar surface area (TPSA) is 43.6 Å². The van der Waals surface area contributed by atoms with Gasteiger partial charge < -0.3 is 4.57 Å². The molecule has 0 aliphatic rings. The Morgan fingerprint density at radius 1 is 1.30 bits per heavy atom. The lowest BCUT2D eigenvalue weighted by molar-refractivity contribution is 0.715. The standard InChI is InChI=1S/C15H15ClN4/c1-10-5-6-13-14(8-10)20(15(18-13)11(2)16)9-12-4-3-7-17-19-12/h3-8,11H,9H2,1-2H3. The lowest BCUT2D eigenvalue weighted by Gasteiger charge is -2.09. The molecule has 4 nitrogen and oxygen atoms in total. The molecule has 0 amide bonds. The maximum absolute atomic E-state index is 6.27. The van der Waals surface area contributed by atoms with E-state index in [-0.39, 0.29) is 5.38 Å². The average molecular weight is 287 g/mol. The molecule has 0 spiro atoms. The SMILES string of the molecule is Cc1ccc2nc(C(C)Cl)n(Cc3cccnn3)c2c1. The van der Waals surface area contributed by atoms with Crippen LogP contribution in [0.5, 0.6) is 0 Å². The highest BCUT2D eigenvalue weighted by Crippen LogP contribution is 2.25. The largest absolute Gasteiger partial charge is 0.321 e. The van der Waals surface area contributed by atoms with Crippen LogP contribution >= 0.6 is 11.6 Å². The molecule has 3 aromatic rings. The zero-order chi connectivity index (χ0) is 14.1. The number of nitrogens with zero attached hydrogens (tertiary/aromatic N) is 4. The van der Waals surface area contributed by atoms with Crippen LogP contribution < -0.4 is 0 Å². The van der Waals surface area contributed by atoms with Crippen molar-refractivity contribution >= 4 is 22.6 Å². The van der Waals surface area contributed by atoms with Gasteiger partial charge >= 0.3 is 0 Å². The monoisotopic (exact) mass is 286 g/mol. The Kier molecular flexibility index (Phi) is 3.40. The third kappa shape index (κ3) is 2.39. The normalized spacial score (nSPS) is 12.8. The van der Waals surface area contributed by atoms with Crippen molar-refractivity contribution in [1.29, 1.82) is 0 Å². The quantitative estimate of drug-likeness (QED) is 0.692. The number of alkyl halides is 1. The predicted molar refractivity (Wildman–Crippen MR) is 79.9 cm³/mol. The van der Waals surface area contributed by atoms with Crippen molar-refractivity contribution in [2.45, 2.75) is 25.8 Å². The fourth-order valence-electron chi connectivity index (χ4n) is 2.30. The van der Waals surface area contributed by atoms with Gasteiger partial charge in [-0.15, -0.1) is 11.6 Å². The molecule has 0 aliphatic heterocycles. The molecule has 1 aromatic carbocycles. The predicted octanol–water partition coefficient (Wildman–Crippen LogP) is 3.48. The van der Waals surface area contributed by atoms with Gasteiger partial charge in [0.2, 0.25) is 0 Å². The van der Waals surface area contributed by atoms with Gasteiger partial charge in [0.05, 0.1) is 28.6 Å². The van der Waals surface area contributed by atoms with Gasteiger partial charge in [0.15, 0.2) is 0 Å². The van der Waals surface area contributed by atoms with Crippen molar-refractivity contribution in [3.63, 3.8) is 0 Å². The molecular formula is C15H15ClN4. The van der Waals surface area contributed by atoms with Gasteiger partial charge in [-0.1, -0.05) is 6.07 Å². The third-order valence-electron chi connectivity index (χ3n) is 3.24. The molecule has 3 rings (SSSR count). The molecule has 1 atom stereocenters. The lowest BCUT2D eigenvalue weighted by atomic mass is 10.2. The van der Waals surface area contributed by atoms with E-state index in [1.54, 1.807) is 6.20 Å². The molecule has 0 bridgehead atoms. The summed E-state index contributed by atoms with van der Waals surface area (Å²) in [4.78, 5) is 4.63. The number of aromatic nitrogens is 4. The van der Waals surface area contributed by atoms with E-state index in [9.17, 15) is 0 Å². The molecule has 0 fully saturated rings. The molecular weight excluding hydrogens is 272 g/mol. The summed E-state index contributed by atoms with van der Waals surface area (Å²) in [6.45, 7) is 4.63. The van der Waals surface area contributed by atoms with E-state index in [0.29, 0.717) is 6.54 Å². The first-order chi connectivity index (χ1) is 9.65. The second-order valence-electron chi connectivity index (χ2n) is 4.88. The molecule has 0 saturated carbocycles. The average Bonchev–Trinajstić information content (AvgIpc) is 2.78. The minimum atomic E-state index is -0.153. The van der Waals surface area contributed by atoms with Crippen LogP contribution in [-0.2, 0) is 6.54 Å². The first-order valence-electron chi connectivity index (χ1n) is 6.52. The van der Waals surface area contributed by atoms with E-state index < -0.39 is 0 Å². The minimum absolute atomic E-state index is 0.153. The van der Waals surface area contributed by atoms with Crippen molar-refractivity contribution in [3.8, 4) is 0 Å². The maximum Gasteiger partial charge on any atom is 0.128 e. The molecule has 20 heavy (non-hydrogen) atoms. The fourth-order valence-corrected chi connectivity index (χ4v) is 2.47. The van der Waals surface area contributed by atoms with Crippen LogP contribution in [-0.4, -0.2) is 19.7 Å². The summed E-state index contributed by atoms with van der Waals surface area (Å²) in [6.07, 6.45) is 1.67. The Labute approximate surface area is 122 Å². The first kappa shape index (κ1) is 13.1. The van der Waals surface area contributed by atoms with Crippen LogP contribution in [0, 0.1) is 6.92 Å². The number of aryl methyl sites for hydroxylation is 1. The van der Waals surface area contributed by atoms with E-state index in [4.69, 9.17) is 11.6 Å². The number of fused-ring (bicyclic) bond motifs is 1. The smallest absolute Gasteiger partial charge is 0.128 e. The molecule has 0 aliphatic carbocycles. The maximum atomic E-state index is 6.27. The highest BCUT2D eigenvalue weighted by Gasteiger charge is 2.15. The molecule has 0 radical (unpaired) electrons. The van der Waals surface area contributed by atoms with E-state index in [1.807, 2.05) is 25.1 Å². The van der Waals surface area contributed by atoms with Gasteiger partial charge in [-0.25, -0.2) is 4.98 Å². The van der Waals surface area contributed by atoms with Crippen LogP contribution in [0.25, 0.3) is 11.0 Å². The second kappa shape index (κ2) is 5.21. The summed E-state index contributed by atoms with van der Waals surface area (Å²) >= 11 is 6.27. The lowest BCUT2D eigenvalue weighted by Crippen LogP contribution is -2.07. The second-order valence-corrected chi connectivity index (χ2v) is 5.53. The molecule has 2 aromatic heterocycles. The Balaban J connectivity index is 2.15. The summed E-state index contributed by atoms with van der Waals surface area (Å²) in [7, 11) is 0. The molecule has 1 unspecified atom stereocenters. The van der Waals surface area contributed by atoms with E-state index >= 15 is 0 Å². The van der Waals surface area contributed by atoms with Crippen molar-refractivity contribution in [2.24, 2.45) is 0 Å². The highest BCUT2D eigenvalue weighted by molar-refractivity contribution is 6.20. The number of halogens is 1. The third-order valence-corrected chi connectivity index (χ3v) is 3.43. The Morgan fingerprint density at radius 3 is 2.85 bits per heavy atom. The summed E-state index contributed by atoms with van der Waals surface area (Å²) in [5.74, 6) is 0.859. The Bertz CT molecular complexity index is 734. The number of benzene rings is 1. The zero-order valence-electron chi connectivity index (χ0n) is 11.4. The summed E-state index contributed by atoms with van der Waals surface area (Å²) in [6, 6.07) is 10.1. The van der Waals surface area contributed by atoms with Crippen LogP contribution in [0.4, 0.5) is 0 Å². The number of hydrogen-bond acceptors (Lipinski definition) is 3. The van der Waals surface area contributed by atoms with E-state index in [1.165, 1.54) is 5.56 Å². The minimum Gasteiger partial charge on any atom is -0.321 e. The van der Waals surface area contributed by atoms with Gasteiger partial charge in [-0.05, 0) is 43.7 Å². The van der Waals surface area contributed by atoms with E-state index in [2.05, 4.69) is 38.8 Å². The first-order valence-corrected chi connectivity index (χ1v) is 6.96. The molecule has 0 N–H and O–H groups in total. The number of rotatable bonds is 3. The Morgan fingerprint density at radius 2 is 2.15 bits per heavy atom. The summed E-state index contributed by atoms with van der Waals surface area (Å²) < 4.78 is 2.12. The van der Waals surface area contributed by atoms with Crippen molar-refractivity contribution in [2.75, 3.05) is 0 Å². The molecule has 102 valence electrons. The molecule has 2 heterocycles. The highest BCUT2D eigenvalue weighted by atomic mass is 35.5. The Hall–Kier alpha value is -1.94. The van der Waals surface area contributed by atoms with Crippen LogP contribution in [0.3, 0.4) is 0 Å². The fraction of sp³-hybridized carbons (Fsp3) is 0.267. The number of imidazole rings is 1. The van der Waals surface area contributed by atoms with Crippen molar-refractivity contribution < 1.29 is 0 Å². The molecule has 5 heteroatoms.